The molecule has 0 heterocycles. The first-order chi connectivity index (χ1) is 5.22. The molecule has 0 spiro atoms. The molecule has 4 saturated carbocycles. The average molecular weight is 171 g/mol. The molecule has 6 unspecified atom stereocenters. The van der Waals surface area contributed by atoms with Gasteiger partial charge in [-0.05, 0) is 37.0 Å². The highest BCUT2D eigenvalue weighted by Crippen LogP contribution is 2.74. The van der Waals surface area contributed by atoms with Gasteiger partial charge in [-0.15, -0.1) is 11.6 Å². The smallest absolute Gasteiger partial charge is 0.133 e. The quantitative estimate of drug-likeness (QED) is 0.548. The van der Waals surface area contributed by atoms with Crippen molar-refractivity contribution >= 4 is 17.4 Å². The lowest BCUT2D eigenvalue weighted by Gasteiger charge is -2.12. The van der Waals surface area contributed by atoms with Gasteiger partial charge >= 0.3 is 0 Å². The molecular formula is C9H11ClO. The van der Waals surface area contributed by atoms with E-state index in [-0.39, 0.29) is 0 Å². The molecular weight excluding hydrogens is 160 g/mol. The molecule has 4 aliphatic rings. The Morgan fingerprint density at radius 2 is 2.09 bits per heavy atom. The lowest BCUT2D eigenvalue weighted by molar-refractivity contribution is -0.121. The van der Waals surface area contributed by atoms with E-state index in [4.69, 9.17) is 11.6 Å². The zero-order valence-corrected chi connectivity index (χ0v) is 7.21. The molecule has 0 aromatic heterocycles. The van der Waals surface area contributed by atoms with Gasteiger partial charge in [0.1, 0.15) is 5.78 Å². The first kappa shape index (κ1) is 6.47. The predicted octanol–water partition coefficient (Wildman–Crippen LogP) is 1.69. The molecule has 1 nitrogen and oxygen atoms in total. The Kier molecular flexibility index (Phi) is 0.976. The summed E-state index contributed by atoms with van der Waals surface area (Å²) in [6, 6.07) is 0. The number of Topliss-reactive ketones (excluding diaryl/α,β-unsaturated/α-hetero) is 1. The lowest BCUT2D eigenvalue weighted by Crippen LogP contribution is -2.18. The Morgan fingerprint density at radius 1 is 1.36 bits per heavy atom. The Labute approximate surface area is 71.1 Å². The molecule has 11 heavy (non-hydrogen) atoms. The minimum Gasteiger partial charge on any atom is -0.300 e. The molecule has 0 amide bonds. The number of halogens is 1. The number of carbonyl (C=O) groups is 1. The van der Waals surface area contributed by atoms with Gasteiger partial charge in [-0.2, -0.15) is 0 Å². The van der Waals surface area contributed by atoms with Gasteiger partial charge in [-0.25, -0.2) is 0 Å². The normalized spacial score (nSPS) is 63.5. The van der Waals surface area contributed by atoms with Crippen LogP contribution in [-0.4, -0.2) is 11.2 Å². The molecule has 4 rings (SSSR count). The van der Waals surface area contributed by atoms with Crippen molar-refractivity contribution in [3.63, 3.8) is 0 Å². The number of alkyl halides is 1. The Morgan fingerprint density at radius 3 is 2.27 bits per heavy atom. The first-order valence-electron chi connectivity index (χ1n) is 4.36. The lowest BCUT2D eigenvalue weighted by atomic mass is 9.94. The molecule has 4 aliphatic carbocycles. The highest BCUT2D eigenvalue weighted by Gasteiger charge is 2.73. The molecule has 0 saturated heterocycles. The fourth-order valence-electron chi connectivity index (χ4n) is 3.63. The SMILES string of the molecule is CC(=O)C1C2CC3C(C2Cl)C31. The molecule has 0 aliphatic heterocycles. The van der Waals surface area contributed by atoms with Crippen molar-refractivity contribution < 1.29 is 4.79 Å². The van der Waals surface area contributed by atoms with E-state index in [1.165, 1.54) is 6.42 Å². The van der Waals surface area contributed by atoms with Gasteiger partial charge in [0.25, 0.3) is 0 Å². The van der Waals surface area contributed by atoms with E-state index < -0.39 is 0 Å². The van der Waals surface area contributed by atoms with Crippen molar-refractivity contribution in [1.29, 1.82) is 0 Å². The Balaban J connectivity index is 1.97. The van der Waals surface area contributed by atoms with Crippen molar-refractivity contribution in [2.75, 3.05) is 0 Å². The van der Waals surface area contributed by atoms with Gasteiger partial charge in [-0.1, -0.05) is 0 Å². The molecule has 0 radical (unpaired) electrons. The van der Waals surface area contributed by atoms with Crippen LogP contribution in [0.2, 0.25) is 0 Å². The van der Waals surface area contributed by atoms with E-state index in [0.717, 1.165) is 11.8 Å². The maximum absolute atomic E-state index is 11.2. The molecule has 0 N–H and O–H groups in total. The van der Waals surface area contributed by atoms with E-state index >= 15 is 0 Å². The summed E-state index contributed by atoms with van der Waals surface area (Å²) >= 11 is 6.18. The summed E-state index contributed by atoms with van der Waals surface area (Å²) in [5, 5.41) is 0.346. The predicted molar refractivity (Wildman–Crippen MR) is 42.4 cm³/mol. The van der Waals surface area contributed by atoms with E-state index in [1.807, 2.05) is 0 Å². The number of ketones is 1. The maximum Gasteiger partial charge on any atom is 0.133 e. The molecule has 4 fully saturated rings. The summed E-state index contributed by atoms with van der Waals surface area (Å²) in [6.45, 7) is 1.73. The van der Waals surface area contributed by atoms with E-state index in [9.17, 15) is 4.79 Å². The third kappa shape index (κ3) is 0.547. The Hall–Kier alpha value is -0.0400. The van der Waals surface area contributed by atoms with Gasteiger partial charge in [0.15, 0.2) is 0 Å². The van der Waals surface area contributed by atoms with Crippen LogP contribution in [0.25, 0.3) is 0 Å². The second kappa shape index (κ2) is 1.66. The monoisotopic (exact) mass is 170 g/mol. The third-order valence-electron chi connectivity index (χ3n) is 3.96. The molecule has 0 aromatic rings. The van der Waals surface area contributed by atoms with Gasteiger partial charge in [0.05, 0.1) is 0 Å². The number of hydrogen-bond acceptors (Lipinski definition) is 1. The fraction of sp³-hybridized carbons (Fsp3) is 0.889. The van der Waals surface area contributed by atoms with Crippen LogP contribution < -0.4 is 0 Å². The third-order valence-corrected chi connectivity index (χ3v) is 4.57. The topological polar surface area (TPSA) is 17.1 Å². The van der Waals surface area contributed by atoms with Gasteiger partial charge in [-0.3, -0.25) is 4.79 Å². The largest absolute Gasteiger partial charge is 0.300 e. The number of hydrogen-bond donors (Lipinski definition) is 0. The zero-order valence-electron chi connectivity index (χ0n) is 6.46. The molecule has 0 aromatic carbocycles. The van der Waals surface area contributed by atoms with Crippen molar-refractivity contribution in [1.82, 2.24) is 0 Å². The van der Waals surface area contributed by atoms with Crippen LogP contribution in [0.1, 0.15) is 13.3 Å². The van der Waals surface area contributed by atoms with Crippen molar-refractivity contribution in [3.8, 4) is 0 Å². The van der Waals surface area contributed by atoms with Crippen LogP contribution in [0.3, 0.4) is 0 Å². The van der Waals surface area contributed by atoms with Gasteiger partial charge in [0.2, 0.25) is 0 Å². The van der Waals surface area contributed by atoms with E-state index in [0.29, 0.717) is 28.9 Å². The highest BCUT2D eigenvalue weighted by molar-refractivity contribution is 6.22. The first-order valence-corrected chi connectivity index (χ1v) is 4.80. The molecule has 60 valence electrons. The summed E-state index contributed by atoms with van der Waals surface area (Å²) in [5.74, 6) is 3.57. The highest BCUT2D eigenvalue weighted by atomic mass is 35.5. The molecule has 2 heteroatoms. The summed E-state index contributed by atoms with van der Waals surface area (Å²) in [4.78, 5) is 11.2. The standard InChI is InChI=1S/C9H11ClO/c1-3(11)6-5-2-4-7(6)8(4)9(5)10/h4-9H,2H2,1H3. The van der Waals surface area contributed by atoms with Crippen LogP contribution in [0.4, 0.5) is 0 Å². The minimum absolute atomic E-state index is 0.346. The van der Waals surface area contributed by atoms with Crippen molar-refractivity contribution in [2.24, 2.45) is 29.6 Å². The summed E-state index contributed by atoms with van der Waals surface area (Å²) in [7, 11) is 0. The fourth-order valence-corrected chi connectivity index (χ4v) is 4.24. The summed E-state index contributed by atoms with van der Waals surface area (Å²) in [5.41, 5.74) is 0. The zero-order chi connectivity index (χ0) is 7.75. The van der Waals surface area contributed by atoms with Crippen LogP contribution in [0, 0.1) is 29.6 Å². The van der Waals surface area contributed by atoms with Gasteiger partial charge in [0, 0.05) is 11.3 Å². The van der Waals surface area contributed by atoms with E-state index in [1.54, 1.807) is 6.92 Å². The maximum atomic E-state index is 11.2. The van der Waals surface area contributed by atoms with Crippen LogP contribution in [-0.2, 0) is 4.79 Å². The van der Waals surface area contributed by atoms with Crippen LogP contribution in [0.5, 0.6) is 0 Å². The summed E-state index contributed by atoms with van der Waals surface area (Å²) < 4.78 is 0. The Bertz CT molecular complexity index is 238. The molecule has 4 bridgehead atoms. The average Bonchev–Trinajstić information content (AvgIpc) is 2.33. The van der Waals surface area contributed by atoms with Crippen molar-refractivity contribution in [3.05, 3.63) is 0 Å². The van der Waals surface area contributed by atoms with Gasteiger partial charge < -0.3 is 0 Å². The number of carbonyl (C=O) groups excluding carboxylic acids is 1. The van der Waals surface area contributed by atoms with Crippen molar-refractivity contribution in [2.45, 2.75) is 18.7 Å². The second-order valence-corrected chi connectivity index (χ2v) is 4.80. The summed E-state index contributed by atoms with van der Waals surface area (Å²) in [6.07, 6.45) is 1.24. The van der Waals surface area contributed by atoms with E-state index in [2.05, 4.69) is 0 Å². The second-order valence-electron chi connectivity index (χ2n) is 4.30. The van der Waals surface area contributed by atoms with Crippen LogP contribution in [0.15, 0.2) is 0 Å². The minimum atomic E-state index is 0.346. The van der Waals surface area contributed by atoms with Crippen LogP contribution >= 0.6 is 11.6 Å². The number of rotatable bonds is 1. The molecule has 6 atom stereocenters.